The molecule has 48 heavy (non-hydrogen) atoms. The minimum Gasteiger partial charge on any atom is -0.490 e. The van der Waals surface area contributed by atoms with Crippen LogP contribution < -0.4 is 14.4 Å². The van der Waals surface area contributed by atoms with E-state index in [1.807, 2.05) is 33.0 Å². The van der Waals surface area contributed by atoms with Gasteiger partial charge in [0.1, 0.15) is 29.7 Å². The zero-order chi connectivity index (χ0) is 33.3. The summed E-state index contributed by atoms with van der Waals surface area (Å²) >= 11 is 0. The van der Waals surface area contributed by atoms with Crippen molar-refractivity contribution >= 4 is 11.7 Å². The summed E-state index contributed by atoms with van der Waals surface area (Å²) in [5.74, 6) is 1.59. The second kappa shape index (κ2) is 13.9. The molecule has 1 saturated carbocycles. The summed E-state index contributed by atoms with van der Waals surface area (Å²) in [4.78, 5) is 35.7. The number of hydrogen-bond acceptors (Lipinski definition) is 10. The molecular formula is C36H46FN7O4. The van der Waals surface area contributed by atoms with Gasteiger partial charge >= 0.3 is 0 Å². The van der Waals surface area contributed by atoms with Crippen molar-refractivity contribution in [2.24, 2.45) is 5.41 Å². The van der Waals surface area contributed by atoms with Crippen molar-refractivity contribution in [3.8, 4) is 17.2 Å². The Hall–Kier alpha value is -3.87. The number of fused-ring (bicyclic) bond motifs is 1. The summed E-state index contributed by atoms with van der Waals surface area (Å²) in [6.07, 6.45) is 8.06. The molecule has 7 rings (SSSR count). The standard InChI is InChI=1S/C36H46FN7O4/c1-4-44(25(2)3)35(45)28-17-26(37)5-6-31(28)48-33-20-38-24-40-34(33)43-22-36(23-43)18-27(19-36)47-32-7-9-39-30-8-10-42(21-29(30)32)12-11-41-13-15-46-16-14-41/h5-7,9,17,20,24-25,27H,4,8,10-16,18-19,21-23H2,1-3H3. The minimum atomic E-state index is -0.491. The molecule has 1 aromatic carbocycles. The first-order valence-corrected chi connectivity index (χ1v) is 17.3. The molecule has 11 nitrogen and oxygen atoms in total. The van der Waals surface area contributed by atoms with Gasteiger partial charge in [0.15, 0.2) is 11.6 Å². The van der Waals surface area contributed by atoms with Crippen LogP contribution in [0.15, 0.2) is 43.0 Å². The Morgan fingerprint density at radius 1 is 1.06 bits per heavy atom. The van der Waals surface area contributed by atoms with Crippen LogP contribution in [0.1, 0.15) is 55.2 Å². The van der Waals surface area contributed by atoms with Crippen LogP contribution in [0.4, 0.5) is 10.2 Å². The lowest BCUT2D eigenvalue weighted by Gasteiger charge is -2.59. The van der Waals surface area contributed by atoms with Gasteiger partial charge < -0.3 is 24.0 Å². The van der Waals surface area contributed by atoms with Crippen LogP contribution in [0.25, 0.3) is 0 Å². The molecule has 3 aromatic rings. The fourth-order valence-corrected chi connectivity index (χ4v) is 7.61. The number of benzene rings is 1. The van der Waals surface area contributed by atoms with Crippen LogP contribution >= 0.6 is 0 Å². The van der Waals surface area contributed by atoms with Crippen molar-refractivity contribution in [1.29, 1.82) is 0 Å². The predicted octanol–water partition coefficient (Wildman–Crippen LogP) is 4.41. The lowest BCUT2D eigenvalue weighted by Crippen LogP contribution is -2.65. The normalized spacial score (nSPS) is 19.5. The number of halogens is 1. The fourth-order valence-electron chi connectivity index (χ4n) is 7.61. The van der Waals surface area contributed by atoms with E-state index in [-0.39, 0.29) is 34.8 Å². The van der Waals surface area contributed by atoms with E-state index in [9.17, 15) is 9.18 Å². The fraction of sp³-hybridized carbons (Fsp3) is 0.556. The van der Waals surface area contributed by atoms with Crippen LogP contribution in [0.2, 0.25) is 0 Å². The molecule has 2 saturated heterocycles. The van der Waals surface area contributed by atoms with Crippen LogP contribution in [-0.2, 0) is 17.7 Å². The number of anilines is 1. The van der Waals surface area contributed by atoms with Gasteiger partial charge in [-0.05, 0) is 57.9 Å². The second-order valence-electron chi connectivity index (χ2n) is 13.9. The first kappa shape index (κ1) is 32.7. The molecule has 1 amide bonds. The van der Waals surface area contributed by atoms with Crippen LogP contribution in [0.5, 0.6) is 17.2 Å². The maximum absolute atomic E-state index is 14.3. The van der Waals surface area contributed by atoms with Crippen LogP contribution in [0.3, 0.4) is 0 Å². The molecule has 3 fully saturated rings. The molecule has 0 atom stereocenters. The number of hydrogen-bond donors (Lipinski definition) is 0. The van der Waals surface area contributed by atoms with E-state index in [0.29, 0.717) is 18.1 Å². The second-order valence-corrected chi connectivity index (χ2v) is 13.9. The molecule has 0 radical (unpaired) electrons. The maximum Gasteiger partial charge on any atom is 0.257 e. The molecule has 256 valence electrons. The Kier molecular flexibility index (Phi) is 9.48. The molecule has 12 heteroatoms. The Balaban J connectivity index is 0.962. The zero-order valence-corrected chi connectivity index (χ0v) is 28.2. The van der Waals surface area contributed by atoms with Gasteiger partial charge in [-0.1, -0.05) is 0 Å². The topological polar surface area (TPSA) is 96.4 Å². The molecular weight excluding hydrogens is 613 g/mol. The third-order valence-electron chi connectivity index (χ3n) is 10.2. The Morgan fingerprint density at radius 2 is 1.85 bits per heavy atom. The molecule has 1 aliphatic carbocycles. The van der Waals surface area contributed by atoms with E-state index in [2.05, 4.69) is 29.7 Å². The first-order valence-electron chi connectivity index (χ1n) is 17.3. The van der Waals surface area contributed by atoms with Gasteiger partial charge in [-0.3, -0.25) is 19.6 Å². The highest BCUT2D eigenvalue weighted by Gasteiger charge is 2.54. The summed E-state index contributed by atoms with van der Waals surface area (Å²) in [6.45, 7) is 15.6. The number of pyridine rings is 1. The molecule has 2 aromatic heterocycles. The summed E-state index contributed by atoms with van der Waals surface area (Å²) in [5.41, 5.74) is 2.74. The van der Waals surface area contributed by atoms with Crippen molar-refractivity contribution in [2.45, 2.75) is 58.7 Å². The van der Waals surface area contributed by atoms with Gasteiger partial charge in [-0.25, -0.2) is 14.4 Å². The summed E-state index contributed by atoms with van der Waals surface area (Å²) in [5, 5.41) is 0. The highest BCUT2D eigenvalue weighted by molar-refractivity contribution is 5.97. The van der Waals surface area contributed by atoms with E-state index in [1.54, 1.807) is 11.1 Å². The zero-order valence-electron chi connectivity index (χ0n) is 28.2. The number of carbonyl (C=O) groups is 1. The van der Waals surface area contributed by atoms with Crippen molar-refractivity contribution in [1.82, 2.24) is 29.7 Å². The number of carbonyl (C=O) groups excluding carboxylic acids is 1. The average Bonchev–Trinajstić information content (AvgIpc) is 3.06. The summed E-state index contributed by atoms with van der Waals surface area (Å²) in [7, 11) is 0. The van der Waals surface area contributed by atoms with Gasteiger partial charge in [0.25, 0.3) is 5.91 Å². The number of nitrogens with zero attached hydrogens (tertiary/aromatic N) is 7. The lowest BCUT2D eigenvalue weighted by atomic mass is 9.61. The number of aromatic nitrogens is 3. The van der Waals surface area contributed by atoms with Crippen LogP contribution in [-0.4, -0.2) is 113 Å². The smallest absolute Gasteiger partial charge is 0.257 e. The summed E-state index contributed by atoms with van der Waals surface area (Å²) < 4.78 is 32.7. The third-order valence-corrected chi connectivity index (χ3v) is 10.2. The SMILES string of the molecule is CCN(C(=O)c1cc(F)ccc1Oc1cncnc1N1CC2(CC(Oc3ccnc4c3CN(CCN3CCOCC3)CC4)C2)C1)C(C)C. The average molecular weight is 660 g/mol. The van der Waals surface area contributed by atoms with E-state index in [1.165, 1.54) is 30.1 Å². The highest BCUT2D eigenvalue weighted by atomic mass is 19.1. The molecule has 5 heterocycles. The van der Waals surface area contributed by atoms with Crippen molar-refractivity contribution < 1.29 is 23.4 Å². The van der Waals surface area contributed by atoms with Crippen LogP contribution in [0, 0.1) is 11.2 Å². The largest absolute Gasteiger partial charge is 0.490 e. The molecule has 0 N–H and O–H groups in total. The molecule has 3 aliphatic heterocycles. The Labute approximate surface area is 282 Å². The minimum absolute atomic E-state index is 0.0361. The molecule has 1 spiro atoms. The highest BCUT2D eigenvalue weighted by Crippen LogP contribution is 2.52. The molecule has 0 unspecified atom stereocenters. The van der Waals surface area contributed by atoms with E-state index in [4.69, 9.17) is 14.2 Å². The van der Waals surface area contributed by atoms with Gasteiger partial charge in [0, 0.05) is 94.2 Å². The molecule has 4 aliphatic rings. The van der Waals surface area contributed by atoms with E-state index >= 15 is 0 Å². The number of morpholine rings is 1. The summed E-state index contributed by atoms with van der Waals surface area (Å²) in [6, 6.07) is 6.04. The number of rotatable bonds is 11. The van der Waals surface area contributed by atoms with Gasteiger partial charge in [0.05, 0.1) is 25.0 Å². The number of ether oxygens (including phenoxy) is 3. The van der Waals surface area contributed by atoms with Crippen molar-refractivity contribution in [3.63, 3.8) is 0 Å². The predicted molar refractivity (Wildman–Crippen MR) is 179 cm³/mol. The maximum atomic E-state index is 14.3. The third kappa shape index (κ3) is 6.83. The lowest BCUT2D eigenvalue weighted by molar-refractivity contribution is -0.0353. The number of amides is 1. The first-order chi connectivity index (χ1) is 23.3. The quantitative estimate of drug-likeness (QED) is 0.295. The Bertz CT molecular complexity index is 1600. The Morgan fingerprint density at radius 3 is 2.62 bits per heavy atom. The van der Waals surface area contributed by atoms with E-state index < -0.39 is 5.82 Å². The van der Waals surface area contributed by atoms with Crippen molar-refractivity contribution in [2.75, 3.05) is 70.5 Å². The monoisotopic (exact) mass is 659 g/mol. The van der Waals surface area contributed by atoms with E-state index in [0.717, 1.165) is 96.3 Å². The van der Waals surface area contributed by atoms with Gasteiger partial charge in [0.2, 0.25) is 0 Å². The van der Waals surface area contributed by atoms with Crippen molar-refractivity contribution in [3.05, 3.63) is 65.6 Å². The molecule has 0 bridgehead atoms. The van der Waals surface area contributed by atoms with Gasteiger partial charge in [-0.15, -0.1) is 0 Å². The van der Waals surface area contributed by atoms with Gasteiger partial charge in [-0.2, -0.15) is 0 Å².